The van der Waals surface area contributed by atoms with Crippen LogP contribution >= 0.6 is 11.5 Å². The van der Waals surface area contributed by atoms with Gasteiger partial charge >= 0.3 is 0 Å². The molecule has 0 fully saturated rings. The quantitative estimate of drug-likeness (QED) is 0.823. The van der Waals surface area contributed by atoms with Crippen LogP contribution in [-0.4, -0.2) is 33.4 Å². The number of hydrogen-bond acceptors (Lipinski definition) is 5. The fourth-order valence-corrected chi connectivity index (χ4v) is 3.07. The van der Waals surface area contributed by atoms with Gasteiger partial charge in [-0.2, -0.15) is 4.37 Å². The molecule has 1 unspecified atom stereocenters. The van der Waals surface area contributed by atoms with Crippen molar-refractivity contribution in [2.75, 3.05) is 24.7 Å². The Kier molecular flexibility index (Phi) is 5.43. The zero-order valence-electron chi connectivity index (χ0n) is 11.5. The van der Waals surface area contributed by atoms with Gasteiger partial charge in [-0.15, -0.1) is 0 Å². The van der Waals surface area contributed by atoms with Gasteiger partial charge < -0.3 is 4.90 Å². The van der Waals surface area contributed by atoms with E-state index >= 15 is 0 Å². The van der Waals surface area contributed by atoms with Crippen molar-refractivity contribution in [2.45, 2.75) is 5.75 Å². The Hall–Kier alpha value is -1.53. The number of aromatic nitrogens is 2. The van der Waals surface area contributed by atoms with Crippen LogP contribution in [0.2, 0.25) is 0 Å². The normalized spacial score (nSPS) is 12.7. The highest BCUT2D eigenvalue weighted by atomic mass is 32.2. The summed E-state index contributed by atoms with van der Waals surface area (Å²) in [5.41, 5.74) is 1.12. The summed E-state index contributed by atoms with van der Waals surface area (Å²) < 4.78 is 16.2. The van der Waals surface area contributed by atoms with Gasteiger partial charge in [0.05, 0.1) is 5.75 Å². The number of hydrogen-bond donors (Lipinski definition) is 0. The molecule has 0 spiro atoms. The Morgan fingerprint density at radius 2 is 2.05 bits per heavy atom. The van der Waals surface area contributed by atoms with Gasteiger partial charge in [-0.05, 0) is 5.56 Å². The molecule has 0 radical (unpaired) electrons. The summed E-state index contributed by atoms with van der Waals surface area (Å²) in [6.07, 6.45) is 3.92. The van der Waals surface area contributed by atoms with Gasteiger partial charge in [-0.25, -0.2) is 4.98 Å². The standard InChI is InChI=1S/C14H17N3OS2/c1-17(2)14-15-13(16-19-14)11-20(18)10-6-9-12-7-4-3-5-8-12/h3-9H,10-11H2,1-2H3. The fourth-order valence-electron chi connectivity index (χ4n) is 1.54. The SMILES string of the molecule is CN(C)c1nc(CS(=O)CC=Cc2ccccc2)ns1. The first-order valence-corrected chi connectivity index (χ1v) is 8.48. The topological polar surface area (TPSA) is 46.1 Å². The summed E-state index contributed by atoms with van der Waals surface area (Å²) in [6, 6.07) is 9.98. The van der Waals surface area contributed by atoms with E-state index in [0.29, 0.717) is 17.3 Å². The van der Waals surface area contributed by atoms with Crippen LogP contribution in [-0.2, 0) is 16.6 Å². The Bertz CT molecular complexity index is 593. The van der Waals surface area contributed by atoms with Crippen LogP contribution in [0.25, 0.3) is 6.08 Å². The van der Waals surface area contributed by atoms with Crippen LogP contribution in [0.3, 0.4) is 0 Å². The molecule has 0 saturated carbocycles. The van der Waals surface area contributed by atoms with Gasteiger partial charge in [-0.1, -0.05) is 42.5 Å². The van der Waals surface area contributed by atoms with Crippen molar-refractivity contribution < 1.29 is 4.21 Å². The molecule has 1 aromatic heterocycles. The average molecular weight is 307 g/mol. The lowest BCUT2D eigenvalue weighted by Crippen LogP contribution is -2.08. The zero-order chi connectivity index (χ0) is 14.4. The minimum Gasteiger partial charge on any atom is -0.353 e. The molecule has 1 atom stereocenters. The smallest absolute Gasteiger partial charge is 0.204 e. The average Bonchev–Trinajstić information content (AvgIpc) is 2.88. The molecule has 0 N–H and O–H groups in total. The summed E-state index contributed by atoms with van der Waals surface area (Å²) in [6.45, 7) is 0. The second-order valence-electron chi connectivity index (χ2n) is 4.45. The minimum atomic E-state index is -0.968. The van der Waals surface area contributed by atoms with Crippen molar-refractivity contribution in [3.05, 3.63) is 47.8 Å². The first-order chi connectivity index (χ1) is 9.65. The van der Waals surface area contributed by atoms with Crippen LogP contribution in [0.4, 0.5) is 5.13 Å². The Labute approximate surface area is 125 Å². The van der Waals surface area contributed by atoms with Crippen molar-refractivity contribution in [1.82, 2.24) is 9.36 Å². The molecule has 1 aromatic carbocycles. The third-order valence-corrected chi connectivity index (χ3v) is 4.59. The molecule has 0 saturated heterocycles. The van der Waals surface area contributed by atoms with E-state index < -0.39 is 10.8 Å². The number of anilines is 1. The zero-order valence-corrected chi connectivity index (χ0v) is 13.2. The van der Waals surface area contributed by atoms with Crippen LogP contribution in [0, 0.1) is 0 Å². The molecule has 1 heterocycles. The van der Waals surface area contributed by atoms with Crippen molar-refractivity contribution in [3.63, 3.8) is 0 Å². The molecule has 6 heteroatoms. The molecule has 20 heavy (non-hydrogen) atoms. The van der Waals surface area contributed by atoms with E-state index in [1.165, 1.54) is 11.5 Å². The number of rotatable bonds is 6. The van der Waals surface area contributed by atoms with Crippen molar-refractivity contribution in [2.24, 2.45) is 0 Å². The first-order valence-electron chi connectivity index (χ1n) is 6.21. The highest BCUT2D eigenvalue weighted by Gasteiger charge is 2.08. The molecule has 0 aliphatic rings. The van der Waals surface area contributed by atoms with Crippen molar-refractivity contribution >= 4 is 33.5 Å². The van der Waals surface area contributed by atoms with Crippen LogP contribution in [0.1, 0.15) is 11.4 Å². The van der Waals surface area contributed by atoms with Crippen molar-refractivity contribution in [3.8, 4) is 0 Å². The van der Waals surface area contributed by atoms with Crippen LogP contribution in [0.15, 0.2) is 36.4 Å². The van der Waals surface area contributed by atoms with Crippen molar-refractivity contribution in [1.29, 1.82) is 0 Å². The molecule has 4 nitrogen and oxygen atoms in total. The van der Waals surface area contributed by atoms with Gasteiger partial charge in [-0.3, -0.25) is 4.21 Å². The second-order valence-corrected chi connectivity index (χ2v) is 6.68. The number of nitrogens with zero attached hydrogens (tertiary/aromatic N) is 3. The van der Waals surface area contributed by atoms with E-state index in [1.54, 1.807) is 0 Å². The molecule has 2 rings (SSSR count). The largest absolute Gasteiger partial charge is 0.353 e. The van der Waals surface area contributed by atoms with Gasteiger partial charge in [0.1, 0.15) is 0 Å². The first kappa shape index (κ1) is 14.9. The summed E-state index contributed by atoms with van der Waals surface area (Å²) in [5.74, 6) is 1.58. The van der Waals surface area contributed by atoms with E-state index in [9.17, 15) is 4.21 Å². The van der Waals surface area contributed by atoms with E-state index in [2.05, 4.69) is 9.36 Å². The van der Waals surface area contributed by atoms with Crippen LogP contribution < -0.4 is 4.90 Å². The van der Waals surface area contributed by atoms with E-state index in [0.717, 1.165) is 10.7 Å². The Balaban J connectivity index is 1.84. The lowest BCUT2D eigenvalue weighted by molar-refractivity contribution is 0.683. The van der Waals surface area contributed by atoms with Gasteiger partial charge in [0, 0.05) is 42.2 Å². The molecular weight excluding hydrogens is 290 g/mol. The third kappa shape index (κ3) is 4.54. The lowest BCUT2D eigenvalue weighted by Gasteiger charge is -2.04. The molecule has 106 valence electrons. The minimum absolute atomic E-state index is 0.406. The summed E-state index contributed by atoms with van der Waals surface area (Å²) in [7, 11) is 2.87. The Morgan fingerprint density at radius 1 is 1.30 bits per heavy atom. The predicted molar refractivity (Wildman–Crippen MR) is 86.4 cm³/mol. The predicted octanol–water partition coefficient (Wildman–Crippen LogP) is 2.57. The summed E-state index contributed by atoms with van der Waals surface area (Å²) in [5, 5.41) is 0.844. The monoisotopic (exact) mass is 307 g/mol. The maximum Gasteiger partial charge on any atom is 0.204 e. The van der Waals surface area contributed by atoms with E-state index in [-0.39, 0.29) is 0 Å². The molecule has 0 aliphatic heterocycles. The molecule has 2 aromatic rings. The van der Waals surface area contributed by atoms with Crippen LogP contribution in [0.5, 0.6) is 0 Å². The fraction of sp³-hybridized carbons (Fsp3) is 0.286. The number of benzene rings is 1. The summed E-state index contributed by atoms with van der Waals surface area (Å²) in [4.78, 5) is 6.23. The maximum absolute atomic E-state index is 12.0. The Morgan fingerprint density at radius 3 is 2.70 bits per heavy atom. The lowest BCUT2D eigenvalue weighted by atomic mass is 10.2. The van der Waals surface area contributed by atoms with E-state index in [1.807, 2.05) is 61.5 Å². The van der Waals surface area contributed by atoms with Gasteiger partial charge in [0.2, 0.25) is 5.13 Å². The van der Waals surface area contributed by atoms with Gasteiger partial charge in [0.25, 0.3) is 0 Å². The highest BCUT2D eigenvalue weighted by Crippen LogP contribution is 2.14. The second kappa shape index (κ2) is 7.31. The highest BCUT2D eigenvalue weighted by molar-refractivity contribution is 7.84. The molecule has 0 bridgehead atoms. The molecule has 0 amide bonds. The molecule has 0 aliphatic carbocycles. The van der Waals surface area contributed by atoms with Gasteiger partial charge in [0.15, 0.2) is 5.82 Å². The van der Waals surface area contributed by atoms with E-state index in [4.69, 9.17) is 0 Å². The maximum atomic E-state index is 12.0. The summed E-state index contributed by atoms with van der Waals surface area (Å²) >= 11 is 1.33. The molecular formula is C14H17N3OS2. The third-order valence-electron chi connectivity index (χ3n) is 2.52.